The summed E-state index contributed by atoms with van der Waals surface area (Å²) in [6.07, 6.45) is 3.54. The molecule has 0 amide bonds. The van der Waals surface area contributed by atoms with E-state index in [-0.39, 0.29) is 0 Å². The van der Waals surface area contributed by atoms with E-state index in [0.717, 1.165) is 11.1 Å². The molecule has 0 saturated carbocycles. The molecule has 0 fully saturated rings. The van der Waals surface area contributed by atoms with Gasteiger partial charge in [-0.05, 0) is 12.1 Å². The number of methoxy groups -OCH3 is 1. The standard InChI is InChI=1S/C12H13N5O2/c1-18-7-9(13)11-15-12(19-16-11)8-6-14-17-5-3-2-4-10(8)17/h2-6,9H,7,13H2,1H3. The number of pyridine rings is 1. The number of fused-ring (bicyclic) bond motifs is 1. The molecule has 0 saturated heterocycles. The third-order valence-corrected chi connectivity index (χ3v) is 2.78. The van der Waals surface area contributed by atoms with Gasteiger partial charge in [0.05, 0.1) is 29.9 Å². The molecule has 0 aliphatic heterocycles. The van der Waals surface area contributed by atoms with Gasteiger partial charge in [-0.25, -0.2) is 4.52 Å². The lowest BCUT2D eigenvalue weighted by atomic mass is 10.2. The largest absolute Gasteiger partial charge is 0.383 e. The first-order valence-electron chi connectivity index (χ1n) is 5.80. The van der Waals surface area contributed by atoms with Crippen molar-refractivity contribution in [1.82, 2.24) is 19.8 Å². The van der Waals surface area contributed by atoms with E-state index in [1.807, 2.05) is 24.4 Å². The molecule has 3 heterocycles. The minimum atomic E-state index is -0.399. The lowest BCUT2D eigenvalue weighted by Crippen LogP contribution is -2.17. The molecule has 0 radical (unpaired) electrons. The van der Waals surface area contributed by atoms with Crippen molar-refractivity contribution < 1.29 is 9.26 Å². The first-order valence-corrected chi connectivity index (χ1v) is 5.80. The highest BCUT2D eigenvalue weighted by molar-refractivity contribution is 5.74. The van der Waals surface area contributed by atoms with Crippen molar-refractivity contribution in [2.24, 2.45) is 5.73 Å². The fourth-order valence-corrected chi connectivity index (χ4v) is 1.85. The van der Waals surface area contributed by atoms with Crippen LogP contribution in [-0.4, -0.2) is 33.5 Å². The summed E-state index contributed by atoms with van der Waals surface area (Å²) >= 11 is 0. The Kier molecular flexibility index (Phi) is 2.98. The van der Waals surface area contributed by atoms with Crippen LogP contribution in [0, 0.1) is 0 Å². The molecule has 0 aliphatic rings. The second-order valence-corrected chi connectivity index (χ2v) is 4.11. The van der Waals surface area contributed by atoms with Crippen molar-refractivity contribution in [3.63, 3.8) is 0 Å². The Labute approximate surface area is 109 Å². The molecule has 0 aromatic carbocycles. The Morgan fingerprint density at radius 1 is 1.47 bits per heavy atom. The van der Waals surface area contributed by atoms with E-state index in [0.29, 0.717) is 18.3 Å². The minimum Gasteiger partial charge on any atom is -0.383 e. The molecular formula is C12H13N5O2. The van der Waals surface area contributed by atoms with Crippen molar-refractivity contribution in [1.29, 1.82) is 0 Å². The van der Waals surface area contributed by atoms with E-state index >= 15 is 0 Å². The second-order valence-electron chi connectivity index (χ2n) is 4.11. The number of hydrogen-bond donors (Lipinski definition) is 1. The lowest BCUT2D eigenvalue weighted by Gasteiger charge is -2.02. The highest BCUT2D eigenvalue weighted by Crippen LogP contribution is 2.23. The molecule has 0 spiro atoms. The van der Waals surface area contributed by atoms with E-state index in [4.69, 9.17) is 15.0 Å². The fraction of sp³-hybridized carbons (Fsp3) is 0.250. The maximum Gasteiger partial charge on any atom is 0.261 e. The maximum atomic E-state index is 5.85. The van der Waals surface area contributed by atoms with Crippen LogP contribution in [0.3, 0.4) is 0 Å². The minimum absolute atomic E-state index is 0.341. The summed E-state index contributed by atoms with van der Waals surface area (Å²) in [5.41, 5.74) is 7.54. The molecule has 98 valence electrons. The van der Waals surface area contributed by atoms with Crippen LogP contribution in [0.2, 0.25) is 0 Å². The predicted octanol–water partition coefficient (Wildman–Crippen LogP) is 1.03. The number of aromatic nitrogens is 4. The first-order chi connectivity index (χ1) is 9.29. The first kappa shape index (κ1) is 11.8. The van der Waals surface area contributed by atoms with Gasteiger partial charge in [0.2, 0.25) is 0 Å². The van der Waals surface area contributed by atoms with Crippen LogP contribution in [0.5, 0.6) is 0 Å². The SMILES string of the molecule is COCC(N)c1noc(-c2cnn3ccccc23)n1. The lowest BCUT2D eigenvalue weighted by molar-refractivity contribution is 0.177. The monoisotopic (exact) mass is 259 g/mol. The smallest absolute Gasteiger partial charge is 0.261 e. The molecule has 3 aromatic rings. The molecule has 2 N–H and O–H groups in total. The molecule has 19 heavy (non-hydrogen) atoms. The Morgan fingerprint density at radius 3 is 3.21 bits per heavy atom. The average Bonchev–Trinajstić information content (AvgIpc) is 3.05. The van der Waals surface area contributed by atoms with E-state index in [9.17, 15) is 0 Å². The Bertz CT molecular complexity index is 690. The van der Waals surface area contributed by atoms with Crippen LogP contribution in [0.25, 0.3) is 17.0 Å². The molecule has 3 rings (SSSR count). The zero-order valence-electron chi connectivity index (χ0n) is 10.4. The van der Waals surface area contributed by atoms with Crippen molar-refractivity contribution in [2.45, 2.75) is 6.04 Å². The topological polar surface area (TPSA) is 91.5 Å². The van der Waals surface area contributed by atoms with E-state index < -0.39 is 6.04 Å². The van der Waals surface area contributed by atoms with Gasteiger partial charge < -0.3 is 15.0 Å². The van der Waals surface area contributed by atoms with Gasteiger partial charge in [-0.15, -0.1) is 0 Å². The van der Waals surface area contributed by atoms with E-state index in [2.05, 4.69) is 15.2 Å². The fourth-order valence-electron chi connectivity index (χ4n) is 1.85. The summed E-state index contributed by atoms with van der Waals surface area (Å²) in [5.74, 6) is 0.829. The van der Waals surface area contributed by atoms with Gasteiger partial charge in [0.25, 0.3) is 5.89 Å². The zero-order valence-corrected chi connectivity index (χ0v) is 10.4. The molecule has 7 heteroatoms. The Balaban J connectivity index is 1.98. The maximum absolute atomic E-state index is 5.85. The second kappa shape index (κ2) is 4.79. The summed E-state index contributed by atoms with van der Waals surface area (Å²) in [4.78, 5) is 4.29. The summed E-state index contributed by atoms with van der Waals surface area (Å²) in [5, 5.41) is 8.09. The quantitative estimate of drug-likeness (QED) is 0.752. The molecule has 0 bridgehead atoms. The summed E-state index contributed by atoms with van der Waals surface area (Å²) in [6.45, 7) is 0.341. The number of ether oxygens (including phenoxy) is 1. The van der Waals surface area contributed by atoms with Crippen LogP contribution in [-0.2, 0) is 4.74 Å². The van der Waals surface area contributed by atoms with Gasteiger partial charge in [0.15, 0.2) is 5.82 Å². The Morgan fingerprint density at radius 2 is 2.37 bits per heavy atom. The molecule has 0 aliphatic carbocycles. The van der Waals surface area contributed by atoms with Crippen molar-refractivity contribution in [2.75, 3.05) is 13.7 Å². The number of nitrogens with two attached hydrogens (primary N) is 1. The summed E-state index contributed by atoms with van der Waals surface area (Å²) < 4.78 is 11.9. The van der Waals surface area contributed by atoms with Crippen LogP contribution < -0.4 is 5.73 Å². The third-order valence-electron chi connectivity index (χ3n) is 2.78. The van der Waals surface area contributed by atoms with Gasteiger partial charge in [0, 0.05) is 13.3 Å². The predicted molar refractivity (Wildman–Crippen MR) is 67.3 cm³/mol. The molecule has 1 unspecified atom stereocenters. The van der Waals surface area contributed by atoms with E-state index in [1.165, 1.54) is 0 Å². The molecular weight excluding hydrogens is 246 g/mol. The van der Waals surface area contributed by atoms with Crippen molar-refractivity contribution >= 4 is 5.52 Å². The number of nitrogens with zero attached hydrogens (tertiary/aromatic N) is 4. The molecule has 7 nitrogen and oxygen atoms in total. The summed E-state index contributed by atoms with van der Waals surface area (Å²) in [7, 11) is 1.58. The zero-order chi connectivity index (χ0) is 13.2. The molecule has 3 aromatic heterocycles. The van der Waals surface area contributed by atoms with Gasteiger partial charge in [0.1, 0.15) is 0 Å². The van der Waals surface area contributed by atoms with Crippen LogP contribution in [0.15, 0.2) is 35.1 Å². The van der Waals surface area contributed by atoms with Gasteiger partial charge in [-0.1, -0.05) is 11.2 Å². The van der Waals surface area contributed by atoms with E-state index in [1.54, 1.807) is 17.8 Å². The van der Waals surface area contributed by atoms with Crippen LogP contribution in [0.1, 0.15) is 11.9 Å². The van der Waals surface area contributed by atoms with Crippen molar-refractivity contribution in [3.05, 3.63) is 36.4 Å². The highest BCUT2D eigenvalue weighted by atomic mass is 16.5. The van der Waals surface area contributed by atoms with Crippen molar-refractivity contribution in [3.8, 4) is 11.5 Å². The number of hydrogen-bond acceptors (Lipinski definition) is 6. The highest BCUT2D eigenvalue weighted by Gasteiger charge is 2.17. The summed E-state index contributed by atoms with van der Waals surface area (Å²) in [6, 6.07) is 5.36. The normalized spacial score (nSPS) is 12.9. The number of rotatable bonds is 4. The van der Waals surface area contributed by atoms with Gasteiger partial charge in [-0.2, -0.15) is 10.1 Å². The Hall–Kier alpha value is -2.25. The average molecular weight is 259 g/mol. The van der Waals surface area contributed by atoms with Gasteiger partial charge in [-0.3, -0.25) is 0 Å². The van der Waals surface area contributed by atoms with Crippen LogP contribution >= 0.6 is 0 Å². The third kappa shape index (κ3) is 2.09. The van der Waals surface area contributed by atoms with Gasteiger partial charge >= 0.3 is 0 Å². The van der Waals surface area contributed by atoms with Crippen LogP contribution in [0.4, 0.5) is 0 Å². The molecule has 1 atom stereocenters.